The van der Waals surface area contributed by atoms with E-state index in [1.54, 1.807) is 0 Å². The van der Waals surface area contributed by atoms with Gasteiger partial charge in [-0.15, -0.1) is 0 Å². The number of carbonyl (C=O) groups excluding carboxylic acids is 1. The molecule has 0 aliphatic heterocycles. The molecule has 7 heteroatoms. The Balaban J connectivity index is 2.49. The standard InChI is InChI=1S/C15H21F3N2OS/c1-4-20(11(2)3)10-9-19-14(21)12-5-7-13(8-6-12)22-15(16,17)18/h5-8,11H,4,9-10H2,1-3H3,(H,19,21). The predicted octanol–water partition coefficient (Wildman–Crippen LogP) is 3.76. The normalized spacial score (nSPS) is 12.0. The van der Waals surface area contributed by atoms with Gasteiger partial charge in [-0.1, -0.05) is 6.92 Å². The van der Waals surface area contributed by atoms with Crippen molar-refractivity contribution in [2.45, 2.75) is 37.2 Å². The summed E-state index contributed by atoms with van der Waals surface area (Å²) in [4.78, 5) is 14.2. The lowest BCUT2D eigenvalue weighted by Crippen LogP contribution is -2.38. The molecule has 0 bridgehead atoms. The summed E-state index contributed by atoms with van der Waals surface area (Å²) in [7, 11) is 0. The zero-order chi connectivity index (χ0) is 16.8. The molecule has 0 aromatic heterocycles. The van der Waals surface area contributed by atoms with Crippen LogP contribution in [0.4, 0.5) is 13.2 Å². The first-order valence-electron chi connectivity index (χ1n) is 7.11. The maximum Gasteiger partial charge on any atom is 0.446 e. The van der Waals surface area contributed by atoms with Crippen molar-refractivity contribution < 1.29 is 18.0 Å². The van der Waals surface area contributed by atoms with Gasteiger partial charge in [0.15, 0.2) is 0 Å². The number of carbonyl (C=O) groups is 1. The average molecular weight is 334 g/mol. The van der Waals surface area contributed by atoms with Crippen LogP contribution in [0.1, 0.15) is 31.1 Å². The average Bonchev–Trinajstić information content (AvgIpc) is 2.42. The Labute approximate surface area is 133 Å². The molecule has 0 fully saturated rings. The van der Waals surface area contributed by atoms with Crippen LogP contribution in [0.3, 0.4) is 0 Å². The fourth-order valence-electron chi connectivity index (χ4n) is 2.00. The lowest BCUT2D eigenvalue weighted by atomic mass is 10.2. The molecule has 3 nitrogen and oxygen atoms in total. The fourth-order valence-corrected chi connectivity index (χ4v) is 2.54. The number of benzene rings is 1. The van der Waals surface area contributed by atoms with Gasteiger partial charge in [-0.2, -0.15) is 13.2 Å². The van der Waals surface area contributed by atoms with Gasteiger partial charge >= 0.3 is 5.51 Å². The molecule has 0 heterocycles. The number of hydrogen-bond acceptors (Lipinski definition) is 3. The van der Waals surface area contributed by atoms with Crippen molar-refractivity contribution in [2.75, 3.05) is 19.6 Å². The van der Waals surface area contributed by atoms with E-state index >= 15 is 0 Å². The highest BCUT2D eigenvalue weighted by Crippen LogP contribution is 2.36. The van der Waals surface area contributed by atoms with Gasteiger partial charge in [-0.05, 0) is 56.4 Å². The van der Waals surface area contributed by atoms with Crippen molar-refractivity contribution >= 4 is 17.7 Å². The van der Waals surface area contributed by atoms with E-state index in [-0.39, 0.29) is 22.6 Å². The van der Waals surface area contributed by atoms with E-state index in [0.717, 1.165) is 13.1 Å². The number of rotatable bonds is 7. The molecule has 0 aliphatic rings. The summed E-state index contributed by atoms with van der Waals surface area (Å²) in [6.07, 6.45) is 0. The van der Waals surface area contributed by atoms with Crippen molar-refractivity contribution in [1.82, 2.24) is 10.2 Å². The number of hydrogen-bond donors (Lipinski definition) is 1. The summed E-state index contributed by atoms with van der Waals surface area (Å²) < 4.78 is 36.7. The lowest BCUT2D eigenvalue weighted by Gasteiger charge is -2.24. The molecule has 1 amide bonds. The quantitative estimate of drug-likeness (QED) is 0.771. The Morgan fingerprint density at radius 2 is 1.86 bits per heavy atom. The first kappa shape index (κ1) is 18.8. The molecule has 0 aliphatic carbocycles. The SMILES string of the molecule is CCN(CCNC(=O)c1ccc(SC(F)(F)F)cc1)C(C)C. The summed E-state index contributed by atoms with van der Waals surface area (Å²) in [6, 6.07) is 5.83. The van der Waals surface area contributed by atoms with Crippen molar-refractivity contribution in [3.8, 4) is 0 Å². The first-order valence-corrected chi connectivity index (χ1v) is 7.92. The highest BCUT2D eigenvalue weighted by atomic mass is 32.2. The smallest absolute Gasteiger partial charge is 0.351 e. The number of alkyl halides is 3. The molecular weight excluding hydrogens is 313 g/mol. The molecular formula is C15H21F3N2OS. The van der Waals surface area contributed by atoms with Gasteiger partial charge < -0.3 is 5.32 Å². The fraction of sp³-hybridized carbons (Fsp3) is 0.533. The molecule has 1 N–H and O–H groups in total. The lowest BCUT2D eigenvalue weighted by molar-refractivity contribution is -0.0328. The Kier molecular flexibility index (Phi) is 7.22. The Morgan fingerprint density at radius 3 is 2.32 bits per heavy atom. The predicted molar refractivity (Wildman–Crippen MR) is 83.1 cm³/mol. The number of likely N-dealkylation sites (N-methyl/N-ethyl adjacent to an activating group) is 1. The molecule has 0 spiro atoms. The molecule has 0 unspecified atom stereocenters. The van der Waals surface area contributed by atoms with Crippen molar-refractivity contribution in [3.63, 3.8) is 0 Å². The molecule has 0 radical (unpaired) electrons. The Morgan fingerprint density at radius 1 is 1.27 bits per heavy atom. The third-order valence-electron chi connectivity index (χ3n) is 3.17. The van der Waals surface area contributed by atoms with E-state index < -0.39 is 5.51 Å². The van der Waals surface area contributed by atoms with Crippen LogP contribution < -0.4 is 5.32 Å². The second-order valence-corrected chi connectivity index (χ2v) is 6.19. The van der Waals surface area contributed by atoms with Crippen molar-refractivity contribution in [2.24, 2.45) is 0 Å². The maximum absolute atomic E-state index is 12.2. The van der Waals surface area contributed by atoms with E-state index in [0.29, 0.717) is 18.2 Å². The number of nitrogens with one attached hydrogen (secondary N) is 1. The summed E-state index contributed by atoms with van der Waals surface area (Å²) in [5.74, 6) is -0.275. The van der Waals surface area contributed by atoms with E-state index in [1.165, 1.54) is 24.3 Å². The van der Waals surface area contributed by atoms with Gasteiger partial charge in [-0.3, -0.25) is 9.69 Å². The highest BCUT2D eigenvalue weighted by molar-refractivity contribution is 8.00. The molecule has 1 rings (SSSR count). The van der Waals surface area contributed by atoms with E-state index in [4.69, 9.17) is 0 Å². The van der Waals surface area contributed by atoms with Gasteiger partial charge in [-0.25, -0.2) is 0 Å². The minimum atomic E-state index is -4.32. The zero-order valence-corrected chi connectivity index (χ0v) is 13.7. The zero-order valence-electron chi connectivity index (χ0n) is 12.9. The number of halogens is 3. The summed E-state index contributed by atoms with van der Waals surface area (Å²) >= 11 is -0.189. The van der Waals surface area contributed by atoms with E-state index in [1.807, 2.05) is 0 Å². The molecule has 22 heavy (non-hydrogen) atoms. The number of amides is 1. The third kappa shape index (κ3) is 6.70. The van der Waals surface area contributed by atoms with Gasteiger partial charge in [0, 0.05) is 29.6 Å². The molecule has 0 saturated carbocycles. The summed E-state index contributed by atoms with van der Waals surface area (Å²) in [6.45, 7) is 8.37. The van der Waals surface area contributed by atoms with E-state index in [2.05, 4.69) is 31.0 Å². The van der Waals surface area contributed by atoms with Gasteiger partial charge in [0.1, 0.15) is 0 Å². The van der Waals surface area contributed by atoms with Crippen LogP contribution in [0.25, 0.3) is 0 Å². The van der Waals surface area contributed by atoms with Crippen LogP contribution in [0.5, 0.6) is 0 Å². The first-order chi connectivity index (χ1) is 10.2. The highest BCUT2D eigenvalue weighted by Gasteiger charge is 2.29. The molecule has 124 valence electrons. The van der Waals surface area contributed by atoms with Crippen LogP contribution in [0.2, 0.25) is 0 Å². The summed E-state index contributed by atoms with van der Waals surface area (Å²) in [5.41, 5.74) is -3.95. The van der Waals surface area contributed by atoms with Crippen LogP contribution in [-0.2, 0) is 0 Å². The molecule has 1 aromatic carbocycles. The maximum atomic E-state index is 12.2. The van der Waals surface area contributed by atoms with Crippen molar-refractivity contribution in [3.05, 3.63) is 29.8 Å². The molecule has 1 aromatic rings. The second-order valence-electron chi connectivity index (χ2n) is 5.05. The summed E-state index contributed by atoms with van der Waals surface area (Å²) in [5, 5.41) is 2.78. The molecule has 0 saturated heterocycles. The van der Waals surface area contributed by atoms with E-state index in [9.17, 15) is 18.0 Å². The topological polar surface area (TPSA) is 32.3 Å². The van der Waals surface area contributed by atoms with Gasteiger partial charge in [0.25, 0.3) is 5.91 Å². The number of nitrogens with zero attached hydrogens (tertiary/aromatic N) is 1. The van der Waals surface area contributed by atoms with Crippen LogP contribution in [0.15, 0.2) is 29.2 Å². The Bertz CT molecular complexity index is 475. The second kappa shape index (κ2) is 8.43. The van der Waals surface area contributed by atoms with Crippen LogP contribution >= 0.6 is 11.8 Å². The largest absolute Gasteiger partial charge is 0.446 e. The minimum Gasteiger partial charge on any atom is -0.351 e. The van der Waals surface area contributed by atoms with Crippen LogP contribution in [0, 0.1) is 0 Å². The third-order valence-corrected chi connectivity index (χ3v) is 3.91. The Hall–Kier alpha value is -1.21. The van der Waals surface area contributed by atoms with Gasteiger partial charge in [0.05, 0.1) is 0 Å². The van der Waals surface area contributed by atoms with Crippen LogP contribution in [-0.4, -0.2) is 42.0 Å². The molecule has 0 atom stereocenters. The minimum absolute atomic E-state index is 0.0704. The van der Waals surface area contributed by atoms with Crippen molar-refractivity contribution in [1.29, 1.82) is 0 Å². The number of thioether (sulfide) groups is 1. The van der Waals surface area contributed by atoms with Gasteiger partial charge in [0.2, 0.25) is 0 Å². The monoisotopic (exact) mass is 334 g/mol.